The maximum absolute atomic E-state index is 13.9. The van der Waals surface area contributed by atoms with Crippen LogP contribution in [0.3, 0.4) is 0 Å². The molecule has 1 heterocycles. The second kappa shape index (κ2) is 12.4. The Kier molecular flexibility index (Phi) is 8.61. The lowest BCUT2D eigenvalue weighted by molar-refractivity contribution is -0.115. The number of nitrogens with zero attached hydrogens (tertiary/aromatic N) is 2. The van der Waals surface area contributed by atoms with E-state index in [4.69, 9.17) is 0 Å². The number of hydrogen-bond acceptors (Lipinski definition) is 8. The van der Waals surface area contributed by atoms with Gasteiger partial charge in [0.15, 0.2) is 5.78 Å². The summed E-state index contributed by atoms with van der Waals surface area (Å²) in [7, 11) is -7.43. The van der Waals surface area contributed by atoms with Crippen molar-refractivity contribution in [2.45, 2.75) is 28.7 Å². The number of ketones is 1. The molecule has 5 rings (SSSR count). The van der Waals surface area contributed by atoms with Crippen molar-refractivity contribution in [2.24, 2.45) is 5.10 Å². The van der Waals surface area contributed by atoms with Gasteiger partial charge in [-0.1, -0.05) is 60.7 Å². The summed E-state index contributed by atoms with van der Waals surface area (Å²) in [5.41, 5.74) is 2.64. The molecule has 0 saturated carbocycles. The summed E-state index contributed by atoms with van der Waals surface area (Å²) < 4.78 is 63.4. The number of Topliss-reactive ketones (excluding diaryl/α,β-unsaturated/α-hetero) is 1. The number of hydrogen-bond donors (Lipinski definition) is 2. The molecule has 4 aromatic rings. The van der Waals surface area contributed by atoms with E-state index in [0.717, 1.165) is 17.7 Å². The Balaban J connectivity index is 1.36. The van der Waals surface area contributed by atoms with E-state index in [1.54, 1.807) is 37.4 Å². The molecule has 0 aromatic heterocycles. The number of carbonyl (C=O) groups is 2. The molecule has 1 atom stereocenters. The molecule has 1 aliphatic heterocycles. The second-order valence-electron chi connectivity index (χ2n) is 10.1. The van der Waals surface area contributed by atoms with Crippen LogP contribution in [0.5, 0.6) is 0 Å². The van der Waals surface area contributed by atoms with Gasteiger partial charge >= 0.3 is 10.2 Å². The van der Waals surface area contributed by atoms with Crippen LogP contribution in [-0.4, -0.2) is 41.3 Å². The van der Waals surface area contributed by atoms with Crippen LogP contribution in [0.25, 0.3) is 0 Å². The summed E-state index contributed by atoms with van der Waals surface area (Å²) in [6, 6.07) is 26.5. The van der Waals surface area contributed by atoms with E-state index in [1.165, 1.54) is 30.3 Å². The molecular formula is C31H27FN4O6S2. The highest BCUT2D eigenvalue weighted by atomic mass is 32.3. The quantitative estimate of drug-likeness (QED) is 0.116. The third-order valence-electron chi connectivity index (χ3n) is 7.15. The molecule has 1 unspecified atom stereocenters. The number of benzene rings is 4. The van der Waals surface area contributed by atoms with E-state index in [9.17, 15) is 30.3 Å². The number of halogens is 1. The van der Waals surface area contributed by atoms with Gasteiger partial charge in [0.05, 0.1) is 28.0 Å². The number of sulfonamides is 1. The number of fused-ring (bicyclic) bond motifs is 1. The predicted octanol–water partition coefficient (Wildman–Crippen LogP) is 4.82. The topological polar surface area (TPSA) is 142 Å². The minimum Gasteiger partial charge on any atom is -0.367 e. The summed E-state index contributed by atoms with van der Waals surface area (Å²) >= 11 is 0. The summed E-state index contributed by atoms with van der Waals surface area (Å²) in [5, 5.41) is 6.74. The smallest absolute Gasteiger partial charge is 0.332 e. The van der Waals surface area contributed by atoms with Crippen LogP contribution in [0.2, 0.25) is 0 Å². The minimum absolute atomic E-state index is 0.159. The Morgan fingerprint density at radius 3 is 2.11 bits per heavy atom. The fourth-order valence-electron chi connectivity index (χ4n) is 4.89. The van der Waals surface area contributed by atoms with Gasteiger partial charge in [-0.2, -0.15) is 26.8 Å². The van der Waals surface area contributed by atoms with Crippen molar-refractivity contribution in [3.8, 4) is 0 Å². The van der Waals surface area contributed by atoms with Crippen LogP contribution in [0, 0.1) is 0 Å². The van der Waals surface area contributed by atoms with Gasteiger partial charge in [-0.25, -0.2) is 0 Å². The van der Waals surface area contributed by atoms with E-state index in [1.807, 2.05) is 35.2 Å². The molecule has 10 nitrogen and oxygen atoms in total. The van der Waals surface area contributed by atoms with Crippen LogP contribution >= 0.6 is 0 Å². The number of nitrogens with one attached hydrogen (secondary N) is 2. The molecule has 13 heteroatoms. The van der Waals surface area contributed by atoms with Gasteiger partial charge in [0.25, 0.3) is 10.0 Å². The van der Waals surface area contributed by atoms with Crippen molar-refractivity contribution >= 4 is 49.0 Å². The minimum atomic E-state index is -5.02. The Morgan fingerprint density at radius 1 is 0.864 bits per heavy atom. The van der Waals surface area contributed by atoms with Gasteiger partial charge in [-0.15, -0.1) is 3.89 Å². The molecule has 0 saturated heterocycles. The Morgan fingerprint density at radius 2 is 1.48 bits per heavy atom. The average Bonchev–Trinajstić information content (AvgIpc) is 3.01. The van der Waals surface area contributed by atoms with Crippen molar-refractivity contribution in [1.82, 2.24) is 4.83 Å². The highest BCUT2D eigenvalue weighted by molar-refractivity contribution is 7.89. The lowest BCUT2D eigenvalue weighted by Crippen LogP contribution is -2.34. The number of hydrazone groups is 1. The van der Waals surface area contributed by atoms with Gasteiger partial charge in [0.1, 0.15) is 0 Å². The van der Waals surface area contributed by atoms with Gasteiger partial charge in [-0.3, -0.25) is 9.59 Å². The van der Waals surface area contributed by atoms with Gasteiger partial charge in [-0.05, 0) is 48.0 Å². The van der Waals surface area contributed by atoms with E-state index in [2.05, 4.69) is 15.2 Å². The van der Waals surface area contributed by atoms with Crippen LogP contribution in [0.15, 0.2) is 118 Å². The lowest BCUT2D eigenvalue weighted by Gasteiger charge is -2.37. The first-order chi connectivity index (χ1) is 20.9. The van der Waals surface area contributed by atoms with Crippen molar-refractivity contribution in [2.75, 3.05) is 17.3 Å². The summed E-state index contributed by atoms with van der Waals surface area (Å²) in [6.07, 6.45) is -0.187. The molecule has 0 bridgehead atoms. The van der Waals surface area contributed by atoms with Crippen LogP contribution in [0.4, 0.5) is 15.3 Å². The van der Waals surface area contributed by atoms with Crippen molar-refractivity contribution < 1.29 is 30.3 Å². The molecule has 1 aliphatic rings. The summed E-state index contributed by atoms with van der Waals surface area (Å²) in [6.45, 7) is 0. The third kappa shape index (κ3) is 6.84. The van der Waals surface area contributed by atoms with E-state index >= 15 is 0 Å². The molecule has 226 valence electrons. The van der Waals surface area contributed by atoms with Gasteiger partial charge in [0, 0.05) is 36.0 Å². The highest BCUT2D eigenvalue weighted by Gasteiger charge is 2.31. The number of carbonyl (C=O) groups excluding carboxylic acids is 2. The van der Waals surface area contributed by atoms with Crippen molar-refractivity contribution in [3.05, 3.63) is 120 Å². The first kappa shape index (κ1) is 30.6. The Bertz CT molecular complexity index is 1950. The van der Waals surface area contributed by atoms with Crippen molar-refractivity contribution in [3.63, 3.8) is 0 Å². The van der Waals surface area contributed by atoms with Crippen molar-refractivity contribution in [1.29, 1.82) is 0 Å². The van der Waals surface area contributed by atoms with Crippen LogP contribution in [-0.2, 0) is 25.0 Å². The second-order valence-corrected chi connectivity index (χ2v) is 13.1. The van der Waals surface area contributed by atoms with Crippen LogP contribution < -0.4 is 15.0 Å². The third-order valence-corrected chi connectivity index (χ3v) is 9.19. The predicted molar refractivity (Wildman–Crippen MR) is 164 cm³/mol. The fourth-order valence-corrected chi connectivity index (χ4v) is 6.21. The molecule has 44 heavy (non-hydrogen) atoms. The normalized spacial score (nSPS) is 15.8. The van der Waals surface area contributed by atoms with E-state index in [0.29, 0.717) is 11.3 Å². The van der Waals surface area contributed by atoms with Crippen LogP contribution in [0.1, 0.15) is 40.4 Å². The monoisotopic (exact) mass is 634 g/mol. The molecule has 0 aliphatic carbocycles. The molecular weight excluding hydrogens is 607 g/mol. The molecule has 1 amide bonds. The largest absolute Gasteiger partial charge is 0.367 e. The molecule has 2 N–H and O–H groups in total. The SMILES string of the molecule is CN1c2ccc(S(=O)(=O)F)cc2C(=NNS(=O)(=O)c2ccc(NC(=O)CC(=O)c3ccccc3)cc2)CC1c1ccccc1. The molecule has 4 aromatic carbocycles. The zero-order valence-electron chi connectivity index (χ0n) is 23.3. The molecule has 0 fully saturated rings. The highest BCUT2D eigenvalue weighted by Crippen LogP contribution is 2.39. The van der Waals surface area contributed by atoms with E-state index < -0.39 is 31.0 Å². The summed E-state index contributed by atoms with van der Waals surface area (Å²) in [5.74, 6) is -0.908. The van der Waals surface area contributed by atoms with Gasteiger partial charge < -0.3 is 10.2 Å². The standard InChI is InChI=1S/C31H27FN4O6S2/c1-36-28-17-16-25(43(32,39)40)18-26(28)27(19-29(36)21-8-4-2-5-9-21)34-35-44(41,42)24-14-12-23(13-15-24)33-31(38)20-30(37)22-10-6-3-7-11-22/h2-18,29,35H,19-20H2,1H3,(H,33,38). The zero-order chi connectivity index (χ0) is 31.5. The Labute approximate surface area is 254 Å². The lowest BCUT2D eigenvalue weighted by atomic mass is 9.90. The van der Waals surface area contributed by atoms with E-state index in [-0.39, 0.29) is 46.5 Å². The van der Waals surface area contributed by atoms with Gasteiger partial charge in [0.2, 0.25) is 5.91 Å². The maximum atomic E-state index is 13.9. The molecule has 0 spiro atoms. The summed E-state index contributed by atoms with van der Waals surface area (Å²) in [4.78, 5) is 28.0. The maximum Gasteiger partial charge on any atom is 0.332 e. The fraction of sp³-hybridized carbons (Fsp3) is 0.129. The number of anilines is 2. The molecule has 0 radical (unpaired) electrons. The first-order valence-corrected chi connectivity index (χ1v) is 16.2. The number of amides is 1. The number of rotatable bonds is 9. The zero-order valence-corrected chi connectivity index (χ0v) is 25.0. The Hall–Kier alpha value is -4.88. The average molecular weight is 635 g/mol. The first-order valence-electron chi connectivity index (χ1n) is 13.4.